The number of carbonyl (C=O) groups excluding carboxylic acids is 1. The van der Waals surface area contributed by atoms with Crippen LogP contribution < -0.4 is 5.32 Å². The molecule has 4 N–H and O–H groups in total. The number of aliphatic hydroxyl groups excluding tert-OH is 1. The zero-order chi connectivity index (χ0) is 31.8. The summed E-state index contributed by atoms with van der Waals surface area (Å²) in [4.78, 5) is 26.0. The molecule has 0 spiro atoms. The van der Waals surface area contributed by atoms with Crippen molar-refractivity contribution in [2.75, 3.05) is 11.9 Å². The van der Waals surface area contributed by atoms with E-state index >= 15 is 4.39 Å². The summed E-state index contributed by atoms with van der Waals surface area (Å²) < 4.78 is 42.1. The number of aromatic carboxylic acids is 1. The van der Waals surface area contributed by atoms with E-state index in [0.29, 0.717) is 11.1 Å². The molecule has 42 heavy (non-hydrogen) atoms. The van der Waals surface area contributed by atoms with Crippen molar-refractivity contribution in [3.05, 3.63) is 64.2 Å². The molecule has 1 amide bonds. The van der Waals surface area contributed by atoms with Gasteiger partial charge in [-0.2, -0.15) is 0 Å². The maximum absolute atomic E-state index is 15.1. The molecule has 2 atom stereocenters. The predicted octanol–water partition coefficient (Wildman–Crippen LogP) is 6.63. The van der Waals surface area contributed by atoms with Crippen molar-refractivity contribution in [2.45, 2.75) is 84.2 Å². The number of aromatic hydroxyl groups is 1. The Bertz CT molecular complexity index is 1380. The predicted molar refractivity (Wildman–Crippen MR) is 158 cm³/mol. The molecule has 0 bridgehead atoms. The summed E-state index contributed by atoms with van der Waals surface area (Å²) in [7, 11) is -2.54. The molecule has 0 aliphatic carbocycles. The maximum Gasteiger partial charge on any atom is 0.410 e. The average molecular weight is 607 g/mol. The number of carboxylic acids is 1. The number of fused-ring (bicyclic) bond motifs is 1. The first-order valence-corrected chi connectivity index (χ1v) is 16.5. The maximum atomic E-state index is 15.1. The number of anilines is 1. The Morgan fingerprint density at radius 1 is 1.07 bits per heavy atom. The van der Waals surface area contributed by atoms with Crippen LogP contribution in [0, 0.1) is 11.6 Å². The Kier molecular flexibility index (Phi) is 9.45. The number of rotatable bonds is 8. The molecule has 3 rings (SSSR count). The number of hydrogen-bond acceptors (Lipinski definition) is 7. The smallest absolute Gasteiger partial charge is 0.410 e. The molecule has 1 unspecified atom stereocenters. The topological polar surface area (TPSA) is 129 Å². The molecule has 2 aromatic rings. The lowest BCUT2D eigenvalue weighted by molar-refractivity contribution is 0.0133. The molecule has 0 saturated carbocycles. The molecule has 9 nitrogen and oxygen atoms in total. The number of nitrogens with zero attached hydrogens (tertiary/aromatic N) is 1. The number of carbonyl (C=O) groups is 2. The van der Waals surface area contributed by atoms with Gasteiger partial charge in [0.25, 0.3) is 0 Å². The number of amides is 1. The average Bonchev–Trinajstić information content (AvgIpc) is 2.84. The van der Waals surface area contributed by atoms with Crippen LogP contribution in [-0.4, -0.2) is 59.0 Å². The number of halogens is 2. The number of nitrogens with one attached hydrogen (secondary N) is 1. The van der Waals surface area contributed by atoms with Crippen LogP contribution in [0.25, 0.3) is 6.08 Å². The van der Waals surface area contributed by atoms with Crippen LogP contribution in [0.5, 0.6) is 5.75 Å². The molecular weight excluding hydrogens is 566 g/mol. The van der Waals surface area contributed by atoms with Gasteiger partial charge in [-0.25, -0.2) is 18.4 Å². The minimum absolute atomic E-state index is 0.0942. The van der Waals surface area contributed by atoms with Crippen molar-refractivity contribution in [3.63, 3.8) is 0 Å². The summed E-state index contributed by atoms with van der Waals surface area (Å²) in [5.41, 5.74) is -0.570. The molecular formula is C30H40F2N2O7Si. The fourth-order valence-corrected chi connectivity index (χ4v) is 5.43. The third-order valence-electron chi connectivity index (χ3n) is 7.38. The van der Waals surface area contributed by atoms with Crippen LogP contribution in [0.4, 0.5) is 19.3 Å². The summed E-state index contributed by atoms with van der Waals surface area (Å²) in [6.45, 7) is 14.6. The van der Waals surface area contributed by atoms with E-state index in [1.807, 2.05) is 33.9 Å². The van der Waals surface area contributed by atoms with Gasteiger partial charge in [0.15, 0.2) is 20.0 Å². The van der Waals surface area contributed by atoms with Gasteiger partial charge in [0.05, 0.1) is 30.4 Å². The second-order valence-electron chi connectivity index (χ2n) is 12.8. The lowest BCUT2D eigenvalue weighted by Gasteiger charge is -2.41. The second-order valence-corrected chi connectivity index (χ2v) is 17.6. The van der Waals surface area contributed by atoms with Crippen molar-refractivity contribution in [1.82, 2.24) is 4.90 Å². The van der Waals surface area contributed by atoms with Crippen molar-refractivity contribution in [2.24, 2.45) is 0 Å². The Morgan fingerprint density at radius 3 is 2.29 bits per heavy atom. The van der Waals surface area contributed by atoms with E-state index in [-0.39, 0.29) is 28.6 Å². The van der Waals surface area contributed by atoms with E-state index in [9.17, 15) is 29.3 Å². The van der Waals surface area contributed by atoms with E-state index in [4.69, 9.17) is 9.16 Å². The van der Waals surface area contributed by atoms with Crippen molar-refractivity contribution < 1.29 is 42.9 Å². The van der Waals surface area contributed by atoms with Crippen LogP contribution in [0.1, 0.15) is 74.7 Å². The molecule has 230 valence electrons. The molecule has 0 radical (unpaired) electrons. The highest BCUT2D eigenvalue weighted by Crippen LogP contribution is 2.43. The number of aliphatic hydroxyl groups is 1. The number of carboxylic acid groups (broad SMARTS) is 1. The standard InChI is InChI=1S/C30H40F2N2O7Si/c1-29(2,3)40-28(39)34(15-17-9-10-20(27(37)38)25(32)24(17)31)16-22(41-42(7,8)30(4,5)6)18-11-13-21(35)26-19(18)12-14-23(36)33-26/h9-14,22-23,33,35-36H,15-16H2,1-8H3,(H,37,38)/t22-,23?/m0/s1. The number of phenolic OH excluding ortho intramolecular Hbond substituents is 1. The van der Waals surface area contributed by atoms with Gasteiger partial charge < -0.3 is 34.7 Å². The number of phenols is 1. The van der Waals surface area contributed by atoms with Crippen molar-refractivity contribution in [1.29, 1.82) is 0 Å². The van der Waals surface area contributed by atoms with Gasteiger partial charge in [-0.15, -0.1) is 0 Å². The summed E-state index contributed by atoms with van der Waals surface area (Å²) in [6.07, 6.45) is 0.488. The lowest BCUT2D eigenvalue weighted by atomic mass is 9.96. The molecule has 0 aromatic heterocycles. The Hall–Kier alpha value is -3.48. The van der Waals surface area contributed by atoms with Gasteiger partial charge in [0, 0.05) is 11.1 Å². The van der Waals surface area contributed by atoms with Gasteiger partial charge in [-0.3, -0.25) is 0 Å². The van der Waals surface area contributed by atoms with Crippen LogP contribution in [-0.2, 0) is 15.7 Å². The number of ether oxygens (including phenoxy) is 1. The Labute approximate surface area is 245 Å². The molecule has 1 aliphatic rings. The molecule has 0 saturated heterocycles. The Morgan fingerprint density at radius 2 is 1.71 bits per heavy atom. The van der Waals surface area contributed by atoms with Crippen LogP contribution in [0.15, 0.2) is 30.3 Å². The van der Waals surface area contributed by atoms with E-state index in [2.05, 4.69) is 5.32 Å². The quantitative estimate of drug-likeness (QED) is 0.195. The number of benzene rings is 2. The highest BCUT2D eigenvalue weighted by molar-refractivity contribution is 6.74. The van der Waals surface area contributed by atoms with Gasteiger partial charge in [0.1, 0.15) is 17.6 Å². The third kappa shape index (κ3) is 7.47. The highest BCUT2D eigenvalue weighted by atomic mass is 28.4. The normalized spacial score (nSPS) is 15.9. The fraction of sp³-hybridized carbons (Fsp3) is 0.467. The van der Waals surface area contributed by atoms with E-state index < -0.39 is 62.1 Å². The van der Waals surface area contributed by atoms with Crippen LogP contribution in [0.2, 0.25) is 18.1 Å². The zero-order valence-electron chi connectivity index (χ0n) is 25.2. The summed E-state index contributed by atoms with van der Waals surface area (Å²) >= 11 is 0. The fourth-order valence-electron chi connectivity index (χ4n) is 4.16. The minimum Gasteiger partial charge on any atom is -0.506 e. The van der Waals surface area contributed by atoms with Crippen molar-refractivity contribution in [3.8, 4) is 5.75 Å². The SMILES string of the molecule is CC(C)(C)OC(=O)N(Cc1ccc(C(=O)O)c(F)c1F)C[C@H](O[Si](C)(C)C(C)(C)C)c1ccc(O)c2c1C=CC(O)N2. The van der Waals surface area contributed by atoms with Gasteiger partial charge in [0.2, 0.25) is 0 Å². The van der Waals surface area contributed by atoms with E-state index in [1.165, 1.54) is 17.0 Å². The first-order chi connectivity index (χ1) is 19.2. The summed E-state index contributed by atoms with van der Waals surface area (Å²) in [6, 6.07) is 5.18. The molecule has 0 fully saturated rings. The third-order valence-corrected chi connectivity index (χ3v) is 11.9. The molecule has 1 heterocycles. The Balaban J connectivity index is 2.15. The van der Waals surface area contributed by atoms with Crippen molar-refractivity contribution >= 4 is 32.1 Å². The van der Waals surface area contributed by atoms with Crippen LogP contribution >= 0.6 is 0 Å². The van der Waals surface area contributed by atoms with Gasteiger partial charge in [-0.1, -0.05) is 39.0 Å². The van der Waals surface area contributed by atoms with Crippen LogP contribution in [0.3, 0.4) is 0 Å². The lowest BCUT2D eigenvalue weighted by Crippen LogP contribution is -2.45. The van der Waals surface area contributed by atoms with E-state index in [0.717, 1.165) is 12.1 Å². The number of hydrogen-bond donors (Lipinski definition) is 4. The first-order valence-electron chi connectivity index (χ1n) is 13.6. The zero-order valence-corrected chi connectivity index (χ0v) is 26.2. The first kappa shape index (κ1) is 33.0. The van der Waals surface area contributed by atoms with Gasteiger partial charge in [-0.05, 0) is 62.7 Å². The monoisotopic (exact) mass is 606 g/mol. The summed E-state index contributed by atoms with van der Waals surface area (Å²) in [5.74, 6) is -4.62. The molecule has 12 heteroatoms. The largest absolute Gasteiger partial charge is 0.506 e. The molecule has 1 aliphatic heterocycles. The van der Waals surface area contributed by atoms with Gasteiger partial charge >= 0.3 is 12.1 Å². The highest BCUT2D eigenvalue weighted by Gasteiger charge is 2.41. The van der Waals surface area contributed by atoms with E-state index in [1.54, 1.807) is 32.9 Å². The molecule has 2 aromatic carbocycles. The summed E-state index contributed by atoms with van der Waals surface area (Å²) in [5, 5.41) is 32.4. The minimum atomic E-state index is -2.54. The second kappa shape index (κ2) is 12.0.